The molecule has 0 aromatic heterocycles. The summed E-state index contributed by atoms with van der Waals surface area (Å²) >= 11 is 6.23. The number of nitrogens with zero attached hydrogens (tertiary/aromatic N) is 1. The Morgan fingerprint density at radius 2 is 1.92 bits per heavy atom. The lowest BCUT2D eigenvalue weighted by Gasteiger charge is -2.14. The molecule has 0 aliphatic heterocycles. The van der Waals surface area contributed by atoms with Crippen LogP contribution in [0.15, 0.2) is 41.6 Å². The number of hydrogen-bond acceptors (Lipinski definition) is 5. The minimum atomic E-state index is 0.321. The van der Waals surface area contributed by atoms with Crippen LogP contribution in [0, 0.1) is 6.92 Å². The predicted octanol–water partition coefficient (Wildman–Crippen LogP) is 4.31. The van der Waals surface area contributed by atoms with Crippen molar-refractivity contribution in [2.75, 3.05) is 19.8 Å². The number of rotatable bonds is 8. The fourth-order valence-electron chi connectivity index (χ4n) is 2.14. The van der Waals surface area contributed by atoms with Crippen molar-refractivity contribution in [1.29, 1.82) is 0 Å². The van der Waals surface area contributed by atoms with E-state index >= 15 is 0 Å². The Hall–Kier alpha value is -2.40. The standard InChI is InChI=1S/C18H20ClNO4/c1-3-22-17-11-14(12-20-21)10-16(19)18(17)24-8-7-23-15-6-4-5-13(2)9-15/h4-6,9-12,21H,3,7-8H2,1-2H3. The molecule has 24 heavy (non-hydrogen) atoms. The van der Waals surface area contributed by atoms with E-state index < -0.39 is 0 Å². The predicted molar refractivity (Wildman–Crippen MR) is 94.2 cm³/mol. The van der Waals surface area contributed by atoms with Crippen LogP contribution in [0.2, 0.25) is 5.02 Å². The van der Waals surface area contributed by atoms with E-state index in [9.17, 15) is 0 Å². The summed E-state index contributed by atoms with van der Waals surface area (Å²) in [6.07, 6.45) is 1.28. The fraction of sp³-hybridized carbons (Fsp3) is 0.278. The first-order valence-electron chi connectivity index (χ1n) is 7.60. The second-order valence-electron chi connectivity index (χ2n) is 5.02. The van der Waals surface area contributed by atoms with Crippen molar-refractivity contribution < 1.29 is 19.4 Å². The van der Waals surface area contributed by atoms with Gasteiger partial charge in [0.2, 0.25) is 0 Å². The zero-order valence-electron chi connectivity index (χ0n) is 13.7. The molecule has 0 spiro atoms. The summed E-state index contributed by atoms with van der Waals surface area (Å²) in [5.74, 6) is 1.74. The summed E-state index contributed by atoms with van der Waals surface area (Å²) in [6.45, 7) is 5.04. The molecule has 2 aromatic rings. The van der Waals surface area contributed by atoms with E-state index in [1.54, 1.807) is 12.1 Å². The van der Waals surface area contributed by atoms with Gasteiger partial charge in [-0.05, 0) is 43.7 Å². The lowest BCUT2D eigenvalue weighted by molar-refractivity contribution is 0.208. The van der Waals surface area contributed by atoms with E-state index in [2.05, 4.69) is 5.16 Å². The lowest BCUT2D eigenvalue weighted by Crippen LogP contribution is -2.10. The monoisotopic (exact) mass is 349 g/mol. The highest BCUT2D eigenvalue weighted by atomic mass is 35.5. The number of halogens is 1. The van der Waals surface area contributed by atoms with Crippen LogP contribution >= 0.6 is 11.6 Å². The van der Waals surface area contributed by atoms with Gasteiger partial charge >= 0.3 is 0 Å². The van der Waals surface area contributed by atoms with Gasteiger partial charge in [0.05, 0.1) is 17.8 Å². The van der Waals surface area contributed by atoms with E-state index in [1.807, 2.05) is 38.1 Å². The number of benzene rings is 2. The summed E-state index contributed by atoms with van der Waals surface area (Å²) in [6, 6.07) is 11.1. The molecule has 6 heteroatoms. The molecule has 2 rings (SSSR count). The van der Waals surface area contributed by atoms with Crippen LogP contribution in [-0.4, -0.2) is 31.2 Å². The Labute approximate surface area is 146 Å². The number of oxime groups is 1. The molecular formula is C18H20ClNO4. The second kappa shape index (κ2) is 9.03. The minimum absolute atomic E-state index is 0.321. The van der Waals surface area contributed by atoms with Gasteiger partial charge in [-0.3, -0.25) is 0 Å². The van der Waals surface area contributed by atoms with Crippen LogP contribution in [0.5, 0.6) is 17.2 Å². The first kappa shape index (κ1) is 17.9. The molecule has 0 amide bonds. The van der Waals surface area contributed by atoms with Gasteiger partial charge in [0.15, 0.2) is 11.5 Å². The Morgan fingerprint density at radius 3 is 2.62 bits per heavy atom. The molecule has 5 nitrogen and oxygen atoms in total. The zero-order valence-corrected chi connectivity index (χ0v) is 14.4. The first-order chi connectivity index (χ1) is 11.6. The molecule has 0 saturated carbocycles. The van der Waals surface area contributed by atoms with Crippen LogP contribution < -0.4 is 14.2 Å². The summed E-state index contributed by atoms with van der Waals surface area (Å²) in [7, 11) is 0. The summed E-state index contributed by atoms with van der Waals surface area (Å²) in [5.41, 5.74) is 1.76. The van der Waals surface area contributed by atoms with Gasteiger partial charge in [-0.1, -0.05) is 28.9 Å². The molecule has 1 N–H and O–H groups in total. The highest BCUT2D eigenvalue weighted by Gasteiger charge is 2.12. The number of ether oxygens (including phenoxy) is 3. The van der Waals surface area contributed by atoms with Gasteiger partial charge < -0.3 is 19.4 Å². The van der Waals surface area contributed by atoms with Gasteiger partial charge in [-0.2, -0.15) is 0 Å². The maximum Gasteiger partial charge on any atom is 0.179 e. The molecular weight excluding hydrogens is 330 g/mol. The van der Waals surface area contributed by atoms with Crippen molar-refractivity contribution >= 4 is 17.8 Å². The van der Waals surface area contributed by atoms with Crippen molar-refractivity contribution in [2.45, 2.75) is 13.8 Å². The van der Waals surface area contributed by atoms with Crippen LogP contribution in [0.3, 0.4) is 0 Å². The molecule has 0 bridgehead atoms. The van der Waals surface area contributed by atoms with Crippen molar-refractivity contribution in [3.63, 3.8) is 0 Å². The molecule has 0 radical (unpaired) electrons. The molecule has 0 aliphatic rings. The molecule has 2 aromatic carbocycles. The largest absolute Gasteiger partial charge is 0.490 e. The highest BCUT2D eigenvalue weighted by Crippen LogP contribution is 2.36. The Morgan fingerprint density at radius 1 is 1.12 bits per heavy atom. The third-order valence-corrected chi connectivity index (χ3v) is 3.41. The van der Waals surface area contributed by atoms with E-state index in [1.165, 1.54) is 6.21 Å². The van der Waals surface area contributed by atoms with Crippen LogP contribution in [0.1, 0.15) is 18.1 Å². The summed E-state index contributed by atoms with van der Waals surface area (Å²) in [5, 5.41) is 12.0. The average molecular weight is 350 g/mol. The number of hydrogen-bond donors (Lipinski definition) is 1. The van der Waals surface area contributed by atoms with Crippen molar-refractivity contribution in [3.05, 3.63) is 52.5 Å². The van der Waals surface area contributed by atoms with E-state index in [-0.39, 0.29) is 0 Å². The smallest absolute Gasteiger partial charge is 0.179 e. The first-order valence-corrected chi connectivity index (χ1v) is 7.98. The highest BCUT2D eigenvalue weighted by molar-refractivity contribution is 6.32. The van der Waals surface area contributed by atoms with Crippen molar-refractivity contribution in [3.8, 4) is 17.2 Å². The van der Waals surface area contributed by atoms with Crippen LogP contribution in [-0.2, 0) is 0 Å². The van der Waals surface area contributed by atoms with Crippen molar-refractivity contribution in [1.82, 2.24) is 0 Å². The number of aryl methyl sites for hydroxylation is 1. The molecule has 0 atom stereocenters. The second-order valence-corrected chi connectivity index (χ2v) is 5.43. The Kier molecular flexibility index (Phi) is 6.75. The maximum atomic E-state index is 8.64. The Bertz CT molecular complexity index is 703. The summed E-state index contributed by atoms with van der Waals surface area (Å²) < 4.78 is 16.9. The SMILES string of the molecule is CCOc1cc(C=NO)cc(Cl)c1OCCOc1cccc(C)c1. The van der Waals surface area contributed by atoms with Crippen LogP contribution in [0.4, 0.5) is 0 Å². The van der Waals surface area contributed by atoms with Gasteiger partial charge in [-0.25, -0.2) is 0 Å². The molecule has 0 heterocycles. The molecule has 128 valence electrons. The molecule has 0 saturated heterocycles. The zero-order chi connectivity index (χ0) is 17.4. The van der Waals surface area contributed by atoms with Gasteiger partial charge in [0, 0.05) is 5.56 Å². The quantitative estimate of drug-likeness (QED) is 0.334. The van der Waals surface area contributed by atoms with Gasteiger partial charge in [-0.15, -0.1) is 0 Å². The van der Waals surface area contributed by atoms with Gasteiger partial charge in [0.1, 0.15) is 19.0 Å². The normalized spacial score (nSPS) is 10.8. The average Bonchev–Trinajstić information content (AvgIpc) is 2.54. The minimum Gasteiger partial charge on any atom is -0.490 e. The fourth-order valence-corrected chi connectivity index (χ4v) is 2.41. The maximum absolute atomic E-state index is 8.64. The van der Waals surface area contributed by atoms with Crippen LogP contribution in [0.25, 0.3) is 0 Å². The van der Waals surface area contributed by atoms with Gasteiger partial charge in [0.25, 0.3) is 0 Å². The topological polar surface area (TPSA) is 60.3 Å². The summed E-state index contributed by atoms with van der Waals surface area (Å²) in [4.78, 5) is 0. The molecule has 0 aliphatic carbocycles. The molecule has 0 unspecified atom stereocenters. The third-order valence-electron chi connectivity index (χ3n) is 3.13. The Balaban J connectivity index is 2.00. The van der Waals surface area contributed by atoms with E-state index in [0.29, 0.717) is 41.9 Å². The lowest BCUT2D eigenvalue weighted by atomic mass is 10.2. The van der Waals surface area contributed by atoms with Crippen molar-refractivity contribution in [2.24, 2.45) is 5.16 Å². The van der Waals surface area contributed by atoms with E-state index in [4.69, 9.17) is 31.0 Å². The molecule has 0 fully saturated rings. The van der Waals surface area contributed by atoms with E-state index in [0.717, 1.165) is 11.3 Å². The third kappa shape index (κ3) is 5.06.